The lowest BCUT2D eigenvalue weighted by Crippen LogP contribution is -2.18. The van der Waals surface area contributed by atoms with Crippen LogP contribution in [0.3, 0.4) is 0 Å². The lowest BCUT2D eigenvalue weighted by atomic mass is 10.2. The molecular formula is C30H26ClN3O7S. The van der Waals surface area contributed by atoms with E-state index >= 15 is 0 Å². The highest BCUT2D eigenvalue weighted by Crippen LogP contribution is 2.28. The van der Waals surface area contributed by atoms with Crippen LogP contribution in [0.5, 0.6) is 17.2 Å². The Morgan fingerprint density at radius 3 is 2.19 bits per heavy atom. The summed E-state index contributed by atoms with van der Waals surface area (Å²) in [5, 5.41) is 4.38. The van der Waals surface area contributed by atoms with E-state index in [9.17, 15) is 18.0 Å². The highest BCUT2D eigenvalue weighted by Gasteiger charge is 2.15. The summed E-state index contributed by atoms with van der Waals surface area (Å²) in [7, 11) is -2.38. The predicted molar refractivity (Wildman–Crippen MR) is 159 cm³/mol. The molecule has 4 aromatic rings. The van der Waals surface area contributed by atoms with Gasteiger partial charge >= 0.3 is 5.97 Å². The summed E-state index contributed by atoms with van der Waals surface area (Å²) >= 11 is 5.82. The van der Waals surface area contributed by atoms with Gasteiger partial charge in [-0.3, -0.25) is 9.52 Å². The first-order valence-electron chi connectivity index (χ1n) is 12.5. The number of hydrogen-bond acceptors (Lipinski definition) is 8. The number of nitrogens with zero attached hydrogens (tertiary/aromatic N) is 1. The summed E-state index contributed by atoms with van der Waals surface area (Å²) in [4.78, 5) is 25.1. The maximum Gasteiger partial charge on any atom is 0.343 e. The van der Waals surface area contributed by atoms with Crippen LogP contribution in [0, 0.1) is 0 Å². The van der Waals surface area contributed by atoms with Crippen molar-refractivity contribution in [3.8, 4) is 17.2 Å². The van der Waals surface area contributed by atoms with Gasteiger partial charge in [0.1, 0.15) is 5.75 Å². The minimum absolute atomic E-state index is 0.0542. The SMILES string of the molecule is CCOc1ccc(C(=O)Oc2ccc(C=NNC(=O)c3ccc(NS(=O)(=O)c4ccc(Cl)cc4)cc3)cc2OC)cc1. The Morgan fingerprint density at radius 2 is 1.55 bits per heavy atom. The number of amides is 1. The number of ether oxygens (including phenoxy) is 3. The molecule has 0 unspecified atom stereocenters. The summed E-state index contributed by atoms with van der Waals surface area (Å²) in [6, 6.07) is 23.0. The van der Waals surface area contributed by atoms with Crippen LogP contribution >= 0.6 is 11.6 Å². The molecule has 1 amide bonds. The first-order chi connectivity index (χ1) is 20.2. The Bertz CT molecular complexity index is 1690. The average molecular weight is 608 g/mol. The number of halogens is 1. The minimum Gasteiger partial charge on any atom is -0.494 e. The lowest BCUT2D eigenvalue weighted by molar-refractivity contribution is 0.0729. The van der Waals surface area contributed by atoms with Gasteiger partial charge in [0, 0.05) is 16.3 Å². The second kappa shape index (κ2) is 13.7. The van der Waals surface area contributed by atoms with Crippen LogP contribution in [0.15, 0.2) is 101 Å². The van der Waals surface area contributed by atoms with Crippen LogP contribution in [0.25, 0.3) is 0 Å². The fraction of sp³-hybridized carbons (Fsp3) is 0.100. The molecule has 0 saturated heterocycles. The summed E-state index contributed by atoms with van der Waals surface area (Å²) in [6.07, 6.45) is 1.40. The van der Waals surface area contributed by atoms with Gasteiger partial charge in [0.2, 0.25) is 0 Å². The topological polar surface area (TPSA) is 132 Å². The van der Waals surface area contributed by atoms with Crippen LogP contribution < -0.4 is 24.4 Å². The van der Waals surface area contributed by atoms with Gasteiger partial charge < -0.3 is 14.2 Å². The molecular weight excluding hydrogens is 582 g/mol. The van der Waals surface area contributed by atoms with Crippen molar-refractivity contribution in [1.82, 2.24) is 5.43 Å². The third-order valence-corrected chi connectivity index (χ3v) is 7.34. The van der Waals surface area contributed by atoms with Crippen molar-refractivity contribution in [2.75, 3.05) is 18.4 Å². The molecule has 0 fully saturated rings. The quantitative estimate of drug-likeness (QED) is 0.0991. The number of anilines is 1. The zero-order valence-corrected chi connectivity index (χ0v) is 24.1. The van der Waals surface area contributed by atoms with Gasteiger partial charge in [0.25, 0.3) is 15.9 Å². The minimum atomic E-state index is -3.82. The first-order valence-corrected chi connectivity index (χ1v) is 14.4. The third-order valence-electron chi connectivity index (χ3n) is 5.69. The molecule has 4 aromatic carbocycles. The van der Waals surface area contributed by atoms with Crippen molar-refractivity contribution in [3.63, 3.8) is 0 Å². The molecule has 4 rings (SSSR count). The molecule has 10 nitrogen and oxygen atoms in total. The summed E-state index contributed by atoms with van der Waals surface area (Å²) in [5.74, 6) is 0.0858. The number of rotatable bonds is 11. The maximum atomic E-state index is 12.6. The summed E-state index contributed by atoms with van der Waals surface area (Å²) < 4.78 is 43.7. The van der Waals surface area contributed by atoms with Crippen molar-refractivity contribution in [3.05, 3.63) is 113 Å². The fourth-order valence-electron chi connectivity index (χ4n) is 3.61. The van der Waals surface area contributed by atoms with Gasteiger partial charge in [-0.25, -0.2) is 18.6 Å². The summed E-state index contributed by atoms with van der Waals surface area (Å²) in [5.41, 5.74) is 3.86. The van der Waals surface area contributed by atoms with Crippen molar-refractivity contribution in [1.29, 1.82) is 0 Å². The number of benzene rings is 4. The van der Waals surface area contributed by atoms with Crippen molar-refractivity contribution in [2.24, 2.45) is 5.10 Å². The van der Waals surface area contributed by atoms with Crippen LogP contribution in [0.2, 0.25) is 5.02 Å². The normalized spacial score (nSPS) is 11.1. The van der Waals surface area contributed by atoms with Gasteiger partial charge in [-0.1, -0.05) is 11.6 Å². The lowest BCUT2D eigenvalue weighted by Gasteiger charge is -2.10. The molecule has 0 radical (unpaired) electrons. The number of carbonyl (C=O) groups excluding carboxylic acids is 2. The smallest absolute Gasteiger partial charge is 0.343 e. The highest BCUT2D eigenvalue weighted by molar-refractivity contribution is 7.92. The molecule has 0 aliphatic rings. The number of methoxy groups -OCH3 is 1. The standard InChI is InChI=1S/C30H26ClN3O7S/c1-3-40-25-13-7-22(8-14-25)30(36)41-27-17-4-20(18-28(27)39-2)19-32-33-29(35)21-5-11-24(12-6-21)34-42(37,38)26-15-9-23(31)10-16-26/h4-19,34H,3H2,1-2H3,(H,33,35). The number of hydrazone groups is 1. The molecule has 12 heteroatoms. The average Bonchev–Trinajstić information content (AvgIpc) is 2.98. The van der Waals surface area contributed by atoms with Gasteiger partial charge in [-0.2, -0.15) is 5.10 Å². The number of hydrogen-bond donors (Lipinski definition) is 2. The Kier molecular flexibility index (Phi) is 9.79. The number of carbonyl (C=O) groups is 2. The monoisotopic (exact) mass is 607 g/mol. The molecule has 0 saturated carbocycles. The molecule has 0 atom stereocenters. The van der Waals surface area contributed by atoms with Gasteiger partial charge in [0.15, 0.2) is 11.5 Å². The van der Waals surface area contributed by atoms with Crippen LogP contribution in [-0.2, 0) is 10.0 Å². The van der Waals surface area contributed by atoms with Crippen LogP contribution in [0.4, 0.5) is 5.69 Å². The largest absolute Gasteiger partial charge is 0.494 e. The van der Waals surface area contributed by atoms with E-state index in [1.165, 1.54) is 61.9 Å². The second-order valence-corrected chi connectivity index (χ2v) is 10.7. The molecule has 42 heavy (non-hydrogen) atoms. The van der Waals surface area contributed by atoms with Crippen molar-refractivity contribution >= 4 is 45.4 Å². The highest BCUT2D eigenvalue weighted by atomic mass is 35.5. The maximum absolute atomic E-state index is 12.6. The van der Waals surface area contributed by atoms with E-state index in [0.717, 1.165) is 0 Å². The van der Waals surface area contributed by atoms with E-state index in [1.54, 1.807) is 42.5 Å². The zero-order chi connectivity index (χ0) is 30.1. The van der Waals surface area contributed by atoms with Gasteiger partial charge in [0.05, 0.1) is 30.4 Å². The third kappa shape index (κ3) is 7.87. The molecule has 0 bridgehead atoms. The van der Waals surface area contributed by atoms with Gasteiger partial charge in [-0.15, -0.1) is 0 Å². The Morgan fingerprint density at radius 1 is 0.881 bits per heavy atom. The van der Waals surface area contributed by atoms with E-state index in [-0.39, 0.29) is 21.9 Å². The first kappa shape index (κ1) is 30.1. The molecule has 0 heterocycles. The van der Waals surface area contributed by atoms with E-state index < -0.39 is 21.9 Å². The van der Waals surface area contributed by atoms with Crippen LogP contribution in [0.1, 0.15) is 33.2 Å². The molecule has 2 N–H and O–H groups in total. The summed E-state index contributed by atoms with van der Waals surface area (Å²) in [6.45, 7) is 2.39. The van der Waals surface area contributed by atoms with E-state index in [2.05, 4.69) is 15.2 Å². The Balaban J connectivity index is 1.34. The van der Waals surface area contributed by atoms with E-state index in [0.29, 0.717) is 34.3 Å². The zero-order valence-electron chi connectivity index (χ0n) is 22.5. The van der Waals surface area contributed by atoms with Crippen molar-refractivity contribution in [2.45, 2.75) is 11.8 Å². The van der Waals surface area contributed by atoms with E-state index in [4.69, 9.17) is 25.8 Å². The number of sulfonamides is 1. The second-order valence-electron chi connectivity index (χ2n) is 8.59. The van der Waals surface area contributed by atoms with Gasteiger partial charge in [-0.05, 0) is 103 Å². The number of nitrogens with one attached hydrogen (secondary N) is 2. The Hall–Kier alpha value is -4.87. The van der Waals surface area contributed by atoms with Crippen molar-refractivity contribution < 1.29 is 32.2 Å². The fourth-order valence-corrected chi connectivity index (χ4v) is 4.79. The predicted octanol–water partition coefficient (Wildman–Crippen LogP) is 5.53. The molecule has 0 aromatic heterocycles. The Labute approximate surface area is 247 Å². The molecule has 216 valence electrons. The number of esters is 1. The van der Waals surface area contributed by atoms with E-state index in [1.807, 2.05) is 6.92 Å². The van der Waals surface area contributed by atoms with Crippen LogP contribution in [-0.4, -0.2) is 40.2 Å². The molecule has 0 spiro atoms. The molecule has 0 aliphatic heterocycles. The molecule has 0 aliphatic carbocycles.